The summed E-state index contributed by atoms with van der Waals surface area (Å²) in [6.07, 6.45) is 0. The van der Waals surface area contributed by atoms with E-state index in [9.17, 15) is 0 Å². The summed E-state index contributed by atoms with van der Waals surface area (Å²) in [4.78, 5) is 1.13. The van der Waals surface area contributed by atoms with E-state index in [2.05, 4.69) is 62.3 Å². The summed E-state index contributed by atoms with van der Waals surface area (Å²) < 4.78 is 1.28. The normalized spacial score (nSPS) is 9.14. The zero-order valence-electron chi connectivity index (χ0n) is 17.6. The summed E-state index contributed by atoms with van der Waals surface area (Å²) in [7, 11) is -0.294. The maximum absolute atomic E-state index is 7.00. The first kappa shape index (κ1) is 27.4. The molecule has 4 rings (SSSR count). The van der Waals surface area contributed by atoms with Crippen molar-refractivity contribution in [3.8, 4) is 11.5 Å². The molecule has 1 heterocycles. The molecule has 3 aromatic carbocycles. The molecule has 1 N–H and O–H groups in total. The van der Waals surface area contributed by atoms with Gasteiger partial charge < -0.3 is 5.11 Å². The maximum Gasteiger partial charge on any atom is 3.00 e. The fourth-order valence-electron chi connectivity index (χ4n) is 2.09. The molecule has 1 nitrogen and oxygen atoms in total. The Morgan fingerprint density at radius 2 is 1.34 bits per heavy atom. The molecular weight excluding hydrogens is 468 g/mol. The predicted molar refractivity (Wildman–Crippen MR) is 129 cm³/mol. The number of aliphatic hydroxyl groups excluding tert-OH is 1. The van der Waals surface area contributed by atoms with Gasteiger partial charge in [-0.05, 0) is 9.58 Å². The fraction of sp³-hybridized carbons (Fsp3) is 0.160. The Labute approximate surface area is 200 Å². The third-order valence-electron chi connectivity index (χ3n) is 3.36. The summed E-state index contributed by atoms with van der Waals surface area (Å²) in [6.45, 7) is 10.9. The van der Waals surface area contributed by atoms with Crippen LogP contribution < -0.4 is 0 Å². The summed E-state index contributed by atoms with van der Waals surface area (Å²) in [5.74, 6) is 3.31. The van der Waals surface area contributed by atoms with Crippen LogP contribution in [0.25, 0.3) is 10.1 Å². The van der Waals surface area contributed by atoms with E-state index in [0.29, 0.717) is 0 Å². The molecule has 0 fully saturated rings. The van der Waals surface area contributed by atoms with Gasteiger partial charge in [-0.25, -0.2) is 35.6 Å². The van der Waals surface area contributed by atoms with Crippen molar-refractivity contribution in [2.24, 2.45) is 0 Å². The van der Waals surface area contributed by atoms with Crippen LogP contribution in [0.1, 0.15) is 10.4 Å². The molecule has 29 heavy (non-hydrogen) atoms. The molecule has 0 unspecified atom stereocenters. The Balaban J connectivity index is 0.000000493. The average Bonchev–Trinajstić information content (AvgIpc) is 3.47. The first-order valence-electron chi connectivity index (χ1n) is 9.12. The molecule has 0 spiro atoms. The summed E-state index contributed by atoms with van der Waals surface area (Å²) in [5, 5.41) is 8.24. The molecule has 0 saturated heterocycles. The maximum atomic E-state index is 7.00. The van der Waals surface area contributed by atoms with Gasteiger partial charge in [0.1, 0.15) is 8.07 Å². The van der Waals surface area contributed by atoms with Crippen LogP contribution in [0.3, 0.4) is 0 Å². The van der Waals surface area contributed by atoms with Crippen LogP contribution in [-0.4, -0.2) is 20.3 Å². The van der Waals surface area contributed by atoms with Gasteiger partial charge >= 0.3 is 26.2 Å². The van der Waals surface area contributed by atoms with Gasteiger partial charge in [0.05, 0.1) is 0 Å². The average molecular weight is 497 g/mol. The molecule has 1 aromatic heterocycles. The zero-order chi connectivity index (χ0) is 20.8. The third-order valence-corrected chi connectivity index (χ3v) is 5.36. The van der Waals surface area contributed by atoms with Gasteiger partial charge in [-0.1, -0.05) is 37.8 Å². The second kappa shape index (κ2) is 15.2. The van der Waals surface area contributed by atoms with Gasteiger partial charge in [0, 0.05) is 7.11 Å². The Hall–Kier alpha value is -1.63. The van der Waals surface area contributed by atoms with Crippen molar-refractivity contribution in [1.82, 2.24) is 0 Å². The van der Waals surface area contributed by atoms with Crippen molar-refractivity contribution in [3.05, 3.63) is 102 Å². The number of fused-ring (bicyclic) bond motifs is 1. The molecule has 0 aliphatic carbocycles. The number of thiophene rings is 1. The third kappa shape index (κ3) is 11.2. The number of benzene rings is 1. The largest absolute Gasteiger partial charge is 3.00 e. The van der Waals surface area contributed by atoms with Crippen LogP contribution in [0.5, 0.6) is 0 Å². The van der Waals surface area contributed by atoms with Crippen LogP contribution in [-0.2, 0) is 26.2 Å². The number of hydrogen-bond donors (Lipinski definition) is 1. The van der Waals surface area contributed by atoms with Gasteiger partial charge in [-0.3, -0.25) is 0 Å². The monoisotopic (exact) mass is 495 g/mol. The molecule has 0 atom stereocenters. The van der Waals surface area contributed by atoms with Crippen LogP contribution in [0.4, 0.5) is 0 Å². The molecule has 0 aliphatic heterocycles. The minimum absolute atomic E-state index is 0. The Morgan fingerprint density at radius 1 is 0.862 bits per heavy atom. The van der Waals surface area contributed by atoms with E-state index in [-0.39, 0.29) is 26.2 Å². The van der Waals surface area contributed by atoms with Crippen molar-refractivity contribution in [3.63, 3.8) is 0 Å². The predicted octanol–water partition coefficient (Wildman–Crippen LogP) is 6.73. The minimum atomic E-state index is -1.29. The number of aliphatic hydroxyl groups is 1. The van der Waals surface area contributed by atoms with Crippen molar-refractivity contribution < 1.29 is 31.3 Å². The smallest absolute Gasteiger partial charge is 0.400 e. The molecule has 4 heteroatoms. The minimum Gasteiger partial charge on any atom is -0.400 e. The van der Waals surface area contributed by atoms with E-state index in [4.69, 9.17) is 5.11 Å². The molecule has 0 amide bonds. The number of hydrogen-bond acceptors (Lipinski definition) is 2. The van der Waals surface area contributed by atoms with Crippen LogP contribution in [0.2, 0.25) is 19.6 Å². The summed E-state index contributed by atoms with van der Waals surface area (Å²) >= 11 is 1.75. The van der Waals surface area contributed by atoms with E-state index in [1.54, 1.807) is 11.3 Å². The van der Waals surface area contributed by atoms with E-state index in [0.717, 1.165) is 17.6 Å². The van der Waals surface area contributed by atoms with Crippen LogP contribution >= 0.6 is 11.3 Å². The first-order chi connectivity index (χ1) is 13.5. The van der Waals surface area contributed by atoms with Gasteiger partial charge in [0.2, 0.25) is 0 Å². The van der Waals surface area contributed by atoms with Gasteiger partial charge in [-0.2, -0.15) is 48.9 Å². The summed E-state index contributed by atoms with van der Waals surface area (Å²) in [5.41, 5.74) is 4.49. The first-order valence-corrected chi connectivity index (χ1v) is 13.4. The molecule has 4 aromatic rings. The Kier molecular flexibility index (Phi) is 14.4. The number of rotatable bonds is 0. The zero-order valence-corrected chi connectivity index (χ0v) is 21.9. The molecule has 0 saturated carbocycles. The Bertz CT molecular complexity index is 876. The molecule has 0 aliphatic rings. The van der Waals surface area contributed by atoms with Gasteiger partial charge in [0.25, 0.3) is 0 Å². The van der Waals surface area contributed by atoms with Crippen LogP contribution in [0, 0.1) is 18.4 Å². The molecule has 149 valence electrons. The molecule has 1 radical (unpaired) electrons. The van der Waals surface area contributed by atoms with Crippen LogP contribution in [0.15, 0.2) is 84.9 Å². The molecular formula is C25H29OSSiZr. The summed E-state index contributed by atoms with van der Waals surface area (Å²) in [6, 6.07) is 28.4. The Morgan fingerprint density at radius 3 is 1.72 bits per heavy atom. The second-order valence-electron chi connectivity index (χ2n) is 6.83. The van der Waals surface area contributed by atoms with Crippen molar-refractivity contribution in [1.29, 1.82) is 0 Å². The van der Waals surface area contributed by atoms with Crippen molar-refractivity contribution in [2.45, 2.75) is 19.6 Å². The topological polar surface area (TPSA) is 20.2 Å². The van der Waals surface area contributed by atoms with Crippen molar-refractivity contribution in [2.75, 3.05) is 7.11 Å². The second-order valence-corrected chi connectivity index (χ2v) is 12.6. The van der Waals surface area contributed by atoms with Gasteiger partial charge in [0.15, 0.2) is 0 Å². The van der Waals surface area contributed by atoms with Crippen molar-refractivity contribution >= 4 is 29.5 Å². The SMILES string of the molecule is CO.[CH2-]c1c(C#C[Si](C)(C)C)sc2ccccc12.[Zr+3].c1cc[cH-]c1.c1cc[cH-]c1. The quantitative estimate of drug-likeness (QED) is 0.163. The van der Waals surface area contributed by atoms with Gasteiger partial charge in [-0.15, -0.1) is 22.9 Å². The fourth-order valence-corrected chi connectivity index (χ4v) is 3.68. The molecule has 0 bridgehead atoms. The van der Waals surface area contributed by atoms with E-state index < -0.39 is 8.07 Å². The van der Waals surface area contributed by atoms with E-state index in [1.165, 1.54) is 10.1 Å². The van der Waals surface area contributed by atoms with E-state index in [1.807, 2.05) is 60.7 Å². The standard InChI is InChI=1S/C14H15SSi.2C5H5.CH4O.Zr/c1-11-12-7-5-6-8-14(12)15-13(11)9-10-16(2,3)4;2*1-2-4-5-3-1;1-2;/h5-8H,1H2,2-4H3;2*1-5H;2H,1H3;/q3*-1;;+3. The van der Waals surface area contributed by atoms with E-state index >= 15 is 0 Å².